The van der Waals surface area contributed by atoms with Gasteiger partial charge in [0.2, 0.25) is 0 Å². The number of ether oxygens (including phenoxy) is 1. The largest absolute Gasteiger partial charge is 0.466 e. The fraction of sp³-hybridized carbons (Fsp3) is 0.235. The highest BCUT2D eigenvalue weighted by atomic mass is 16.5. The lowest BCUT2D eigenvalue weighted by Gasteiger charge is -2.07. The van der Waals surface area contributed by atoms with E-state index >= 15 is 0 Å². The fourth-order valence-corrected chi connectivity index (χ4v) is 2.06. The van der Waals surface area contributed by atoms with Crippen LogP contribution in [0.1, 0.15) is 30.1 Å². The number of Topliss-reactive ketones (excluding diaryl/α,β-unsaturated/α-hetero) is 1. The van der Waals surface area contributed by atoms with Gasteiger partial charge in [0.05, 0.1) is 24.4 Å². The zero-order chi connectivity index (χ0) is 15.9. The molecule has 114 valence electrons. The van der Waals surface area contributed by atoms with Crippen LogP contribution in [-0.4, -0.2) is 23.3 Å². The summed E-state index contributed by atoms with van der Waals surface area (Å²) < 4.78 is 4.80. The Kier molecular flexibility index (Phi) is 5.25. The minimum atomic E-state index is -0.377. The number of esters is 1. The molecule has 2 N–H and O–H groups in total. The molecule has 0 bridgehead atoms. The Bertz CT molecular complexity index is 669. The molecule has 1 aromatic heterocycles. The summed E-state index contributed by atoms with van der Waals surface area (Å²) in [5, 5.41) is 0. The zero-order valence-electron chi connectivity index (χ0n) is 12.4. The van der Waals surface area contributed by atoms with Crippen molar-refractivity contribution in [2.75, 3.05) is 12.3 Å². The predicted octanol–water partition coefficient (Wildman–Crippen LogP) is 2.86. The van der Waals surface area contributed by atoms with Crippen LogP contribution in [0.15, 0.2) is 42.6 Å². The third kappa shape index (κ3) is 3.91. The van der Waals surface area contributed by atoms with Gasteiger partial charge in [-0.25, -0.2) is 0 Å². The van der Waals surface area contributed by atoms with Crippen molar-refractivity contribution in [2.45, 2.75) is 19.8 Å². The number of anilines is 1. The molecule has 0 spiro atoms. The van der Waals surface area contributed by atoms with Gasteiger partial charge in [0.25, 0.3) is 0 Å². The minimum Gasteiger partial charge on any atom is -0.466 e. The number of rotatable bonds is 6. The molecule has 0 fully saturated rings. The molecule has 0 atom stereocenters. The molecule has 0 radical (unpaired) electrons. The Labute approximate surface area is 129 Å². The lowest BCUT2D eigenvalue weighted by atomic mass is 10.0. The molecule has 0 aliphatic carbocycles. The number of ketones is 1. The van der Waals surface area contributed by atoms with Crippen molar-refractivity contribution in [3.63, 3.8) is 0 Å². The molecule has 0 amide bonds. The second-order valence-electron chi connectivity index (χ2n) is 4.76. The molecule has 2 aromatic rings. The van der Waals surface area contributed by atoms with Gasteiger partial charge in [0.15, 0.2) is 5.78 Å². The number of nitrogen functional groups attached to an aromatic ring is 1. The van der Waals surface area contributed by atoms with E-state index in [9.17, 15) is 9.59 Å². The number of carbonyl (C=O) groups is 2. The fourth-order valence-electron chi connectivity index (χ4n) is 2.06. The monoisotopic (exact) mass is 298 g/mol. The smallest absolute Gasteiger partial charge is 0.306 e. The average molecular weight is 298 g/mol. The van der Waals surface area contributed by atoms with Crippen molar-refractivity contribution < 1.29 is 14.3 Å². The van der Waals surface area contributed by atoms with Crippen molar-refractivity contribution in [3.05, 3.63) is 48.2 Å². The van der Waals surface area contributed by atoms with E-state index in [0.717, 1.165) is 5.56 Å². The summed E-state index contributed by atoms with van der Waals surface area (Å²) in [6.07, 6.45) is 1.64. The van der Waals surface area contributed by atoms with Crippen molar-refractivity contribution in [2.24, 2.45) is 0 Å². The predicted molar refractivity (Wildman–Crippen MR) is 84.3 cm³/mol. The van der Waals surface area contributed by atoms with E-state index in [1.165, 1.54) is 6.20 Å². The summed E-state index contributed by atoms with van der Waals surface area (Å²) in [4.78, 5) is 27.6. The molecular weight excluding hydrogens is 280 g/mol. The van der Waals surface area contributed by atoms with Crippen LogP contribution in [0.5, 0.6) is 0 Å². The maximum absolute atomic E-state index is 12.1. The number of aromatic nitrogens is 1. The molecule has 0 unspecified atom stereocenters. The van der Waals surface area contributed by atoms with Gasteiger partial charge in [0, 0.05) is 23.7 Å². The molecule has 0 saturated carbocycles. The van der Waals surface area contributed by atoms with E-state index in [-0.39, 0.29) is 24.6 Å². The van der Waals surface area contributed by atoms with Gasteiger partial charge >= 0.3 is 5.97 Å². The number of hydrogen-bond donors (Lipinski definition) is 1. The van der Waals surface area contributed by atoms with Crippen LogP contribution < -0.4 is 5.73 Å². The van der Waals surface area contributed by atoms with E-state index in [1.807, 2.05) is 30.3 Å². The van der Waals surface area contributed by atoms with Crippen molar-refractivity contribution in [1.29, 1.82) is 0 Å². The van der Waals surface area contributed by atoms with Crippen molar-refractivity contribution >= 4 is 17.4 Å². The number of nitrogens with zero attached hydrogens (tertiary/aromatic N) is 1. The van der Waals surface area contributed by atoms with E-state index in [0.29, 0.717) is 23.6 Å². The van der Waals surface area contributed by atoms with E-state index < -0.39 is 0 Å². The van der Waals surface area contributed by atoms with Gasteiger partial charge in [-0.3, -0.25) is 14.6 Å². The quantitative estimate of drug-likeness (QED) is 0.655. The molecule has 0 saturated heterocycles. The van der Waals surface area contributed by atoms with E-state index in [4.69, 9.17) is 10.5 Å². The van der Waals surface area contributed by atoms with Crippen LogP contribution >= 0.6 is 0 Å². The van der Waals surface area contributed by atoms with Gasteiger partial charge in [-0.05, 0) is 13.0 Å². The molecule has 5 nitrogen and oxygen atoms in total. The molecule has 0 aliphatic rings. The van der Waals surface area contributed by atoms with Gasteiger partial charge in [-0.2, -0.15) is 0 Å². The lowest BCUT2D eigenvalue weighted by molar-refractivity contribution is -0.143. The lowest BCUT2D eigenvalue weighted by Crippen LogP contribution is -2.08. The van der Waals surface area contributed by atoms with Crippen molar-refractivity contribution in [3.8, 4) is 11.3 Å². The Morgan fingerprint density at radius 2 is 1.91 bits per heavy atom. The van der Waals surface area contributed by atoms with E-state index in [2.05, 4.69) is 4.98 Å². The topological polar surface area (TPSA) is 82.3 Å². The Morgan fingerprint density at radius 1 is 1.18 bits per heavy atom. The first-order chi connectivity index (χ1) is 10.6. The number of carbonyl (C=O) groups excluding carboxylic acids is 2. The SMILES string of the molecule is CCOC(=O)CCC(=O)c1cnc(-c2ccccc2)c(N)c1. The van der Waals surface area contributed by atoms with Crippen molar-refractivity contribution in [1.82, 2.24) is 4.98 Å². The number of hydrogen-bond acceptors (Lipinski definition) is 5. The van der Waals surface area contributed by atoms with Crippen LogP contribution in [0.4, 0.5) is 5.69 Å². The first-order valence-electron chi connectivity index (χ1n) is 7.11. The highest BCUT2D eigenvalue weighted by Gasteiger charge is 2.13. The number of benzene rings is 1. The Balaban J connectivity index is 2.09. The molecule has 0 aliphatic heterocycles. The number of pyridine rings is 1. The first-order valence-corrected chi connectivity index (χ1v) is 7.11. The molecule has 2 rings (SSSR count). The molecule has 5 heteroatoms. The Hall–Kier alpha value is -2.69. The van der Waals surface area contributed by atoms with Gasteiger partial charge in [-0.1, -0.05) is 30.3 Å². The maximum atomic E-state index is 12.1. The molecule has 1 heterocycles. The summed E-state index contributed by atoms with van der Waals surface area (Å²) in [6.45, 7) is 2.04. The van der Waals surface area contributed by atoms with Gasteiger partial charge in [0.1, 0.15) is 0 Å². The van der Waals surface area contributed by atoms with Gasteiger partial charge < -0.3 is 10.5 Å². The highest BCUT2D eigenvalue weighted by Crippen LogP contribution is 2.24. The summed E-state index contributed by atoms with van der Waals surface area (Å²) in [5.41, 5.74) is 8.37. The normalized spacial score (nSPS) is 10.2. The average Bonchev–Trinajstić information content (AvgIpc) is 2.53. The standard InChI is InChI=1S/C17H18N2O3/c1-2-22-16(21)9-8-15(20)13-10-14(18)17(19-11-13)12-6-4-3-5-7-12/h3-7,10-11H,2,8-9,18H2,1H3. The van der Waals surface area contributed by atoms with Gasteiger partial charge in [-0.15, -0.1) is 0 Å². The van der Waals surface area contributed by atoms with Crippen LogP contribution in [0.2, 0.25) is 0 Å². The summed E-state index contributed by atoms with van der Waals surface area (Å²) in [7, 11) is 0. The second-order valence-corrected chi connectivity index (χ2v) is 4.76. The molecule has 22 heavy (non-hydrogen) atoms. The molecular formula is C17H18N2O3. The Morgan fingerprint density at radius 3 is 2.55 bits per heavy atom. The van der Waals surface area contributed by atoms with E-state index in [1.54, 1.807) is 13.0 Å². The summed E-state index contributed by atoms with van der Waals surface area (Å²) in [5.74, 6) is -0.551. The van der Waals surface area contributed by atoms with Crippen LogP contribution in [0.25, 0.3) is 11.3 Å². The summed E-state index contributed by atoms with van der Waals surface area (Å²) >= 11 is 0. The zero-order valence-corrected chi connectivity index (χ0v) is 12.4. The number of nitrogens with two attached hydrogens (primary N) is 1. The van der Waals surface area contributed by atoms with Crippen LogP contribution in [0, 0.1) is 0 Å². The highest BCUT2D eigenvalue weighted by molar-refractivity contribution is 5.98. The third-order valence-electron chi connectivity index (χ3n) is 3.15. The first kappa shape index (κ1) is 15.7. The summed E-state index contributed by atoms with van der Waals surface area (Å²) in [6, 6.07) is 11.1. The molecule has 1 aromatic carbocycles. The second kappa shape index (κ2) is 7.36. The third-order valence-corrected chi connectivity index (χ3v) is 3.15. The van der Waals surface area contributed by atoms with Crippen LogP contribution in [-0.2, 0) is 9.53 Å². The minimum absolute atomic E-state index is 0.0625. The van der Waals surface area contributed by atoms with Crippen LogP contribution in [0.3, 0.4) is 0 Å². The maximum Gasteiger partial charge on any atom is 0.306 e.